The summed E-state index contributed by atoms with van der Waals surface area (Å²) in [6.07, 6.45) is 1.80. The molecule has 7 heteroatoms. The number of hydrogen-bond donors (Lipinski definition) is 0. The molecule has 3 heterocycles. The number of hydrogen-bond acceptors (Lipinski definition) is 6. The average Bonchev–Trinajstić information content (AvgIpc) is 3.53. The summed E-state index contributed by atoms with van der Waals surface area (Å²) in [6.45, 7) is 1.50. The molecule has 0 spiro atoms. The summed E-state index contributed by atoms with van der Waals surface area (Å²) in [5.74, 6) is 2.44. The van der Waals surface area contributed by atoms with Crippen molar-refractivity contribution in [1.29, 1.82) is 0 Å². The van der Waals surface area contributed by atoms with Crippen molar-refractivity contribution in [3.8, 4) is 23.0 Å². The first-order valence-corrected chi connectivity index (χ1v) is 10.8. The maximum absolute atomic E-state index is 13.4. The third-order valence-corrected chi connectivity index (χ3v) is 6.14. The van der Waals surface area contributed by atoms with Crippen molar-refractivity contribution in [3.63, 3.8) is 0 Å². The third kappa shape index (κ3) is 3.26. The second-order valence-electron chi connectivity index (χ2n) is 8.13. The van der Waals surface area contributed by atoms with Gasteiger partial charge in [-0.25, -0.2) is 0 Å². The van der Waals surface area contributed by atoms with Crippen LogP contribution in [0, 0.1) is 0 Å². The molecule has 2 aliphatic rings. The smallest absolute Gasteiger partial charge is 0.254 e. The molecule has 160 valence electrons. The first-order chi connectivity index (χ1) is 15.8. The van der Waals surface area contributed by atoms with E-state index in [9.17, 15) is 4.79 Å². The summed E-state index contributed by atoms with van der Waals surface area (Å²) < 4.78 is 16.8. The Hall–Kier alpha value is -3.87. The summed E-state index contributed by atoms with van der Waals surface area (Å²) >= 11 is 0. The van der Waals surface area contributed by atoms with Crippen LogP contribution in [0.3, 0.4) is 0 Å². The molecular formula is C25H21N3O4. The van der Waals surface area contributed by atoms with Crippen molar-refractivity contribution in [2.24, 2.45) is 0 Å². The van der Waals surface area contributed by atoms with Crippen LogP contribution in [0.4, 0.5) is 0 Å². The second kappa shape index (κ2) is 7.67. The van der Waals surface area contributed by atoms with E-state index in [-0.39, 0.29) is 18.6 Å². The molecule has 4 aromatic rings. The maximum Gasteiger partial charge on any atom is 0.254 e. The number of ether oxygens (including phenoxy) is 2. The van der Waals surface area contributed by atoms with E-state index >= 15 is 0 Å². The number of likely N-dealkylation sites (tertiary alicyclic amines) is 1. The van der Waals surface area contributed by atoms with Gasteiger partial charge in [0, 0.05) is 24.2 Å². The van der Waals surface area contributed by atoms with Gasteiger partial charge >= 0.3 is 0 Å². The summed E-state index contributed by atoms with van der Waals surface area (Å²) in [4.78, 5) is 15.3. The SMILES string of the molecule is O=C(c1cccc2ccccc12)N1CCCC(c2nnc(-c3ccc4c(c3)OCO4)o2)C1. The molecule has 2 aliphatic heterocycles. The van der Waals surface area contributed by atoms with Crippen molar-refractivity contribution in [2.75, 3.05) is 19.9 Å². The lowest BCUT2D eigenvalue weighted by Crippen LogP contribution is -2.39. The van der Waals surface area contributed by atoms with Crippen LogP contribution in [0.5, 0.6) is 11.5 Å². The molecule has 1 amide bonds. The van der Waals surface area contributed by atoms with E-state index in [4.69, 9.17) is 13.9 Å². The zero-order valence-corrected chi connectivity index (χ0v) is 17.4. The number of piperidine rings is 1. The van der Waals surface area contributed by atoms with Gasteiger partial charge in [-0.15, -0.1) is 10.2 Å². The highest BCUT2D eigenvalue weighted by Crippen LogP contribution is 2.36. The van der Waals surface area contributed by atoms with Crippen molar-refractivity contribution < 1.29 is 18.7 Å². The molecule has 0 bridgehead atoms. The monoisotopic (exact) mass is 427 g/mol. The molecule has 1 atom stereocenters. The fraction of sp³-hybridized carbons (Fsp3) is 0.240. The Kier molecular flexibility index (Phi) is 4.52. The molecule has 0 N–H and O–H groups in total. The zero-order chi connectivity index (χ0) is 21.5. The number of carbonyl (C=O) groups excluding carboxylic acids is 1. The van der Waals surface area contributed by atoms with Crippen LogP contribution < -0.4 is 9.47 Å². The maximum atomic E-state index is 13.4. The number of nitrogens with zero attached hydrogens (tertiary/aromatic N) is 3. The van der Waals surface area contributed by atoms with Crippen LogP contribution in [-0.4, -0.2) is 40.9 Å². The lowest BCUT2D eigenvalue weighted by atomic mass is 9.96. The number of carbonyl (C=O) groups is 1. The molecular weight excluding hydrogens is 406 g/mol. The van der Waals surface area contributed by atoms with E-state index in [1.807, 2.05) is 65.6 Å². The minimum atomic E-state index is 0.0120. The second-order valence-corrected chi connectivity index (χ2v) is 8.13. The van der Waals surface area contributed by atoms with Gasteiger partial charge in [0.15, 0.2) is 11.5 Å². The van der Waals surface area contributed by atoms with Crippen LogP contribution in [0.2, 0.25) is 0 Å². The van der Waals surface area contributed by atoms with E-state index in [0.717, 1.165) is 41.3 Å². The molecule has 32 heavy (non-hydrogen) atoms. The lowest BCUT2D eigenvalue weighted by molar-refractivity contribution is 0.0700. The number of aromatic nitrogens is 2. The Morgan fingerprint density at radius 3 is 2.81 bits per heavy atom. The summed E-state index contributed by atoms with van der Waals surface area (Å²) in [5.41, 5.74) is 1.52. The van der Waals surface area contributed by atoms with Crippen molar-refractivity contribution in [1.82, 2.24) is 15.1 Å². The van der Waals surface area contributed by atoms with Gasteiger partial charge in [-0.1, -0.05) is 36.4 Å². The minimum Gasteiger partial charge on any atom is -0.454 e. The highest BCUT2D eigenvalue weighted by Gasteiger charge is 2.30. The predicted molar refractivity (Wildman–Crippen MR) is 118 cm³/mol. The molecule has 7 nitrogen and oxygen atoms in total. The molecule has 0 radical (unpaired) electrons. The number of benzene rings is 3. The standard InChI is InChI=1S/C25H21N3O4/c29-25(20-9-3-6-16-5-1-2-8-19(16)20)28-12-4-7-18(14-28)24-27-26-23(32-24)17-10-11-21-22(13-17)31-15-30-21/h1-3,5-6,8-11,13,18H,4,7,12,14-15H2. The molecule has 1 aromatic heterocycles. The summed E-state index contributed by atoms with van der Waals surface area (Å²) in [7, 11) is 0. The van der Waals surface area contributed by atoms with Crippen LogP contribution in [0.1, 0.15) is 35.0 Å². The Morgan fingerprint density at radius 2 is 1.84 bits per heavy atom. The predicted octanol–water partition coefficient (Wildman–Crippen LogP) is 4.64. The highest BCUT2D eigenvalue weighted by atomic mass is 16.7. The Labute approximate surface area is 184 Å². The summed E-state index contributed by atoms with van der Waals surface area (Å²) in [6, 6.07) is 19.4. The van der Waals surface area contributed by atoms with Crippen molar-refractivity contribution >= 4 is 16.7 Å². The van der Waals surface area contributed by atoms with Crippen molar-refractivity contribution in [2.45, 2.75) is 18.8 Å². The molecule has 1 fully saturated rings. The van der Waals surface area contributed by atoms with E-state index < -0.39 is 0 Å². The molecule has 6 rings (SSSR count). The van der Waals surface area contributed by atoms with Crippen LogP contribution in [-0.2, 0) is 0 Å². The van der Waals surface area contributed by atoms with Gasteiger partial charge in [-0.2, -0.15) is 0 Å². The van der Waals surface area contributed by atoms with Crippen LogP contribution >= 0.6 is 0 Å². The fourth-order valence-electron chi connectivity index (χ4n) is 4.49. The molecule has 1 saturated heterocycles. The minimum absolute atomic E-state index is 0.0120. The zero-order valence-electron chi connectivity index (χ0n) is 17.4. The Bertz CT molecular complexity index is 1310. The summed E-state index contributed by atoms with van der Waals surface area (Å²) in [5, 5.41) is 10.6. The van der Waals surface area contributed by atoms with E-state index in [2.05, 4.69) is 10.2 Å². The topological polar surface area (TPSA) is 77.7 Å². The van der Waals surface area contributed by atoms with Gasteiger partial charge in [0.2, 0.25) is 18.6 Å². The number of rotatable bonds is 3. The largest absolute Gasteiger partial charge is 0.454 e. The third-order valence-electron chi connectivity index (χ3n) is 6.14. The van der Waals surface area contributed by atoms with Gasteiger partial charge in [0.05, 0.1) is 5.92 Å². The molecule has 0 aliphatic carbocycles. The first-order valence-electron chi connectivity index (χ1n) is 10.8. The molecule has 1 unspecified atom stereocenters. The number of fused-ring (bicyclic) bond motifs is 2. The van der Waals surface area contributed by atoms with Crippen LogP contribution in [0.15, 0.2) is 65.1 Å². The highest BCUT2D eigenvalue weighted by molar-refractivity contribution is 6.07. The van der Waals surface area contributed by atoms with Crippen molar-refractivity contribution in [3.05, 3.63) is 72.1 Å². The van der Waals surface area contributed by atoms with Gasteiger partial charge in [0.25, 0.3) is 5.91 Å². The van der Waals surface area contributed by atoms with Gasteiger partial charge in [-0.05, 0) is 47.9 Å². The Morgan fingerprint density at radius 1 is 0.969 bits per heavy atom. The normalized spacial score (nSPS) is 17.6. The van der Waals surface area contributed by atoms with Gasteiger partial charge in [-0.3, -0.25) is 4.79 Å². The van der Waals surface area contributed by atoms with E-state index in [1.165, 1.54) is 0 Å². The Balaban J connectivity index is 1.23. The van der Waals surface area contributed by atoms with Crippen LogP contribution in [0.25, 0.3) is 22.2 Å². The lowest BCUT2D eigenvalue weighted by Gasteiger charge is -2.31. The number of amides is 1. The fourth-order valence-corrected chi connectivity index (χ4v) is 4.49. The quantitative estimate of drug-likeness (QED) is 0.474. The first kappa shape index (κ1) is 18.9. The molecule has 0 saturated carbocycles. The van der Waals surface area contributed by atoms with Gasteiger partial charge < -0.3 is 18.8 Å². The van der Waals surface area contributed by atoms with E-state index in [0.29, 0.717) is 29.8 Å². The molecule has 3 aromatic carbocycles. The van der Waals surface area contributed by atoms with E-state index in [1.54, 1.807) is 0 Å². The average molecular weight is 427 g/mol. The van der Waals surface area contributed by atoms with Gasteiger partial charge in [0.1, 0.15) is 0 Å².